The van der Waals surface area contributed by atoms with E-state index in [0.29, 0.717) is 16.2 Å². The Morgan fingerprint density at radius 2 is 1.93 bits per heavy atom. The highest BCUT2D eigenvalue weighted by molar-refractivity contribution is 8.00. The first-order valence-corrected chi connectivity index (χ1v) is 10.0. The number of carbonyl (C=O) groups is 1. The molecular weight excluding hydrogens is 360 g/mol. The van der Waals surface area contributed by atoms with Crippen LogP contribution in [0.1, 0.15) is 65.3 Å². The molecule has 1 aliphatic rings. The molecule has 1 heterocycles. The quantitative estimate of drug-likeness (QED) is 0.454. The highest BCUT2D eigenvalue weighted by atomic mass is 32.2. The molecule has 0 fully saturated rings. The lowest BCUT2D eigenvalue weighted by molar-refractivity contribution is 0.102. The highest BCUT2D eigenvalue weighted by Gasteiger charge is 2.24. The predicted molar refractivity (Wildman–Crippen MR) is 105 cm³/mol. The van der Waals surface area contributed by atoms with Crippen LogP contribution < -0.4 is 0 Å². The molecule has 0 atom stereocenters. The van der Waals surface area contributed by atoms with Crippen molar-refractivity contribution >= 4 is 17.5 Å². The Balaban J connectivity index is 1.90. The number of carbonyl (C=O) groups excluding carboxylic acids is 1. The summed E-state index contributed by atoms with van der Waals surface area (Å²) in [6.07, 6.45) is 4.03. The Labute approximate surface area is 163 Å². The Hall–Kier alpha value is -2.52. The molecule has 1 aromatic heterocycles. The van der Waals surface area contributed by atoms with Crippen LogP contribution in [0.5, 0.6) is 11.5 Å². The number of hydrogen-bond acceptors (Lipinski definition) is 6. The van der Waals surface area contributed by atoms with Crippen LogP contribution in [0.25, 0.3) is 0 Å². The molecule has 0 spiro atoms. The smallest absolute Gasteiger partial charge is 0.173 e. The van der Waals surface area contributed by atoms with Crippen LogP contribution in [-0.2, 0) is 12.8 Å². The van der Waals surface area contributed by atoms with E-state index in [2.05, 4.69) is 19.9 Å². The molecule has 0 unspecified atom stereocenters. The van der Waals surface area contributed by atoms with Crippen molar-refractivity contribution in [3.05, 3.63) is 46.1 Å². The normalized spacial score (nSPS) is 13.3. The fraction of sp³-hybridized carbons (Fsp3) is 0.381. The zero-order valence-corrected chi connectivity index (χ0v) is 16.3. The van der Waals surface area contributed by atoms with Gasteiger partial charge in [0, 0.05) is 11.3 Å². The topological polar surface area (TPSA) is 94.2 Å². The van der Waals surface area contributed by atoms with E-state index in [-0.39, 0.29) is 29.0 Å². The van der Waals surface area contributed by atoms with Gasteiger partial charge < -0.3 is 10.2 Å². The first kappa shape index (κ1) is 19.2. The lowest BCUT2D eigenvalue weighted by Gasteiger charge is -2.23. The summed E-state index contributed by atoms with van der Waals surface area (Å²) < 4.78 is 0. The number of aromatic nitrogens is 1. The van der Waals surface area contributed by atoms with Gasteiger partial charge in [0.1, 0.15) is 11.1 Å². The zero-order valence-electron chi connectivity index (χ0n) is 15.5. The van der Waals surface area contributed by atoms with E-state index >= 15 is 0 Å². The molecule has 2 N–H and O–H groups in total. The van der Waals surface area contributed by atoms with Crippen molar-refractivity contribution in [3.63, 3.8) is 0 Å². The number of thioether (sulfide) groups is 1. The minimum absolute atomic E-state index is 0.113. The number of benzene rings is 1. The van der Waals surface area contributed by atoms with E-state index in [1.165, 1.54) is 35.5 Å². The van der Waals surface area contributed by atoms with Crippen molar-refractivity contribution in [3.8, 4) is 17.6 Å². The van der Waals surface area contributed by atoms with Gasteiger partial charge in [0.25, 0.3) is 0 Å². The number of phenols is 2. The maximum Gasteiger partial charge on any atom is 0.173 e. The number of hydrogen-bond donors (Lipinski definition) is 2. The highest BCUT2D eigenvalue weighted by Crippen LogP contribution is 2.35. The summed E-state index contributed by atoms with van der Waals surface area (Å²) in [6, 6.07) is 6.32. The van der Waals surface area contributed by atoms with E-state index < -0.39 is 0 Å². The van der Waals surface area contributed by atoms with E-state index in [4.69, 9.17) is 4.98 Å². The maximum absolute atomic E-state index is 12.5. The fourth-order valence-electron chi connectivity index (χ4n) is 3.44. The molecule has 1 aromatic carbocycles. The van der Waals surface area contributed by atoms with Crippen molar-refractivity contribution in [2.75, 3.05) is 5.75 Å². The summed E-state index contributed by atoms with van der Waals surface area (Å²) in [6.45, 7) is 4.20. The molecule has 0 saturated carbocycles. The van der Waals surface area contributed by atoms with Gasteiger partial charge >= 0.3 is 0 Å². The summed E-state index contributed by atoms with van der Waals surface area (Å²) in [4.78, 5) is 17.2. The lowest BCUT2D eigenvalue weighted by atomic mass is 9.86. The molecule has 1 aliphatic carbocycles. The number of aromatic hydroxyl groups is 2. The second kappa shape index (κ2) is 8.01. The second-order valence-electron chi connectivity index (χ2n) is 7.02. The van der Waals surface area contributed by atoms with Crippen molar-refractivity contribution in [2.24, 2.45) is 0 Å². The van der Waals surface area contributed by atoms with Gasteiger partial charge in [0.15, 0.2) is 17.3 Å². The van der Waals surface area contributed by atoms with Gasteiger partial charge in [-0.05, 0) is 60.9 Å². The third-order valence-corrected chi connectivity index (χ3v) is 5.79. The zero-order chi connectivity index (χ0) is 19.6. The molecular formula is C21H22N2O3S. The Morgan fingerprint density at radius 1 is 1.22 bits per heavy atom. The Kier molecular flexibility index (Phi) is 5.71. The predicted octanol–water partition coefficient (Wildman–Crippen LogP) is 4.34. The van der Waals surface area contributed by atoms with Gasteiger partial charge in [0.2, 0.25) is 0 Å². The number of phenolic OH excluding ortho intramolecular Hbond substituents is 2. The van der Waals surface area contributed by atoms with Gasteiger partial charge in [-0.25, -0.2) is 4.98 Å². The summed E-state index contributed by atoms with van der Waals surface area (Å²) in [5.74, 6) is -0.401. The fourth-order valence-corrected chi connectivity index (χ4v) is 4.35. The number of Topliss-reactive ketones (excluding diaryl/α,β-unsaturated/α-hetero) is 1. The van der Waals surface area contributed by atoms with Crippen LogP contribution >= 0.6 is 11.8 Å². The molecule has 5 nitrogen and oxygen atoms in total. The van der Waals surface area contributed by atoms with Gasteiger partial charge in [-0.1, -0.05) is 25.6 Å². The average molecular weight is 382 g/mol. The van der Waals surface area contributed by atoms with Crippen LogP contribution in [0.2, 0.25) is 0 Å². The summed E-state index contributed by atoms with van der Waals surface area (Å²) in [5.41, 5.74) is 4.26. The molecule has 3 rings (SSSR count). The molecule has 27 heavy (non-hydrogen) atoms. The number of nitrogens with zero attached hydrogens (tertiary/aromatic N) is 2. The van der Waals surface area contributed by atoms with E-state index in [1.807, 2.05) is 0 Å². The van der Waals surface area contributed by atoms with Gasteiger partial charge in [-0.15, -0.1) is 0 Å². The lowest BCUT2D eigenvalue weighted by Crippen LogP contribution is -2.14. The van der Waals surface area contributed by atoms with Crippen molar-refractivity contribution in [1.29, 1.82) is 5.26 Å². The van der Waals surface area contributed by atoms with Gasteiger partial charge in [-0.3, -0.25) is 4.79 Å². The molecule has 0 saturated heterocycles. The summed E-state index contributed by atoms with van der Waals surface area (Å²) >= 11 is 1.26. The molecule has 0 bridgehead atoms. The average Bonchev–Trinajstić information content (AvgIpc) is 2.67. The van der Waals surface area contributed by atoms with Crippen molar-refractivity contribution in [2.45, 2.75) is 50.5 Å². The molecule has 2 aromatic rings. The number of pyridine rings is 1. The van der Waals surface area contributed by atoms with Crippen LogP contribution in [0.3, 0.4) is 0 Å². The van der Waals surface area contributed by atoms with Gasteiger partial charge in [0.05, 0.1) is 11.3 Å². The summed E-state index contributed by atoms with van der Waals surface area (Å²) in [5, 5.41) is 29.3. The Morgan fingerprint density at radius 3 is 2.56 bits per heavy atom. The number of ketones is 1. The molecule has 6 heteroatoms. The second-order valence-corrected chi connectivity index (χ2v) is 7.99. The van der Waals surface area contributed by atoms with Gasteiger partial charge in [-0.2, -0.15) is 5.26 Å². The standard InChI is InChI=1S/C21H22N2O3S/c1-12(2)20-15-6-4-3-5-14(15)16(10-22)21(23-20)27-11-19(26)13-7-8-17(24)18(25)9-13/h7-9,12,24-25H,3-6,11H2,1-2H3. The van der Waals surface area contributed by atoms with Crippen LogP contribution in [0.4, 0.5) is 0 Å². The summed E-state index contributed by atoms with van der Waals surface area (Å²) in [7, 11) is 0. The van der Waals surface area contributed by atoms with Crippen LogP contribution in [0, 0.1) is 11.3 Å². The van der Waals surface area contributed by atoms with Crippen LogP contribution in [-0.4, -0.2) is 26.7 Å². The number of nitriles is 1. The number of fused-ring (bicyclic) bond motifs is 1. The largest absolute Gasteiger partial charge is 0.504 e. The monoisotopic (exact) mass is 382 g/mol. The maximum atomic E-state index is 12.5. The Bertz CT molecular complexity index is 932. The molecule has 0 aliphatic heterocycles. The SMILES string of the molecule is CC(C)c1nc(SCC(=O)c2ccc(O)c(O)c2)c(C#N)c2c1CCCC2. The first-order chi connectivity index (χ1) is 12.9. The van der Waals surface area contributed by atoms with E-state index in [9.17, 15) is 20.3 Å². The van der Waals surface area contributed by atoms with Crippen molar-refractivity contribution < 1.29 is 15.0 Å². The third-order valence-electron chi connectivity index (χ3n) is 4.81. The van der Waals surface area contributed by atoms with Crippen LogP contribution in [0.15, 0.2) is 23.2 Å². The van der Waals surface area contributed by atoms with E-state index in [0.717, 1.165) is 36.9 Å². The first-order valence-electron chi connectivity index (χ1n) is 9.06. The molecule has 0 radical (unpaired) electrons. The van der Waals surface area contributed by atoms with Crippen molar-refractivity contribution in [1.82, 2.24) is 4.98 Å². The molecule has 140 valence electrons. The number of rotatable bonds is 5. The minimum atomic E-state index is -0.322. The van der Waals surface area contributed by atoms with E-state index in [1.54, 1.807) is 0 Å². The molecule has 0 amide bonds. The minimum Gasteiger partial charge on any atom is -0.504 e. The third kappa shape index (κ3) is 3.93.